The van der Waals surface area contributed by atoms with E-state index in [1.807, 2.05) is 6.07 Å². The summed E-state index contributed by atoms with van der Waals surface area (Å²) < 4.78 is 0. The number of carbonyl (C=O) groups excluding carboxylic acids is 1. The number of hydrogen-bond donors (Lipinski definition) is 1. The van der Waals surface area contributed by atoms with Crippen LogP contribution in [0.5, 0.6) is 5.75 Å². The summed E-state index contributed by atoms with van der Waals surface area (Å²) >= 11 is 0. The minimum atomic E-state index is 0.0787. The number of fused-ring (bicyclic) bond motifs is 1. The molecule has 3 rings (SSSR count). The lowest BCUT2D eigenvalue weighted by atomic mass is 9.77. The number of carbonyl (C=O) groups is 1. The van der Waals surface area contributed by atoms with Gasteiger partial charge in [0.25, 0.3) is 0 Å². The molecule has 0 radical (unpaired) electrons. The number of ketones is 1. The molecule has 0 aromatic heterocycles. The molecule has 2 nitrogen and oxygen atoms in total. The van der Waals surface area contributed by atoms with Crippen LogP contribution >= 0.6 is 0 Å². The summed E-state index contributed by atoms with van der Waals surface area (Å²) in [5.41, 5.74) is 4.08. The fourth-order valence-electron chi connectivity index (χ4n) is 3.20. The fraction of sp³-hybridized carbons (Fsp3) is 0.278. The molecule has 0 bridgehead atoms. The van der Waals surface area contributed by atoms with E-state index in [1.54, 1.807) is 19.1 Å². The number of phenols is 1. The highest BCUT2D eigenvalue weighted by Crippen LogP contribution is 2.38. The van der Waals surface area contributed by atoms with Gasteiger partial charge in [-0.3, -0.25) is 4.79 Å². The van der Waals surface area contributed by atoms with E-state index in [1.165, 1.54) is 5.56 Å². The summed E-state index contributed by atoms with van der Waals surface area (Å²) in [6.07, 6.45) is 2.69. The van der Waals surface area contributed by atoms with E-state index in [0.29, 0.717) is 11.7 Å². The highest BCUT2D eigenvalue weighted by molar-refractivity contribution is 5.96. The van der Waals surface area contributed by atoms with Crippen molar-refractivity contribution in [2.75, 3.05) is 0 Å². The van der Waals surface area contributed by atoms with Crippen molar-refractivity contribution >= 4 is 5.78 Å². The van der Waals surface area contributed by atoms with Crippen molar-refractivity contribution < 1.29 is 9.90 Å². The first-order valence-electron chi connectivity index (χ1n) is 7.06. The third-order valence-corrected chi connectivity index (χ3v) is 4.25. The smallest absolute Gasteiger partial charge is 0.160 e. The Hall–Kier alpha value is -2.09. The third-order valence-electron chi connectivity index (χ3n) is 4.25. The number of phenolic OH excluding ortho intramolecular Hbond substituents is 1. The second kappa shape index (κ2) is 5.12. The number of benzene rings is 2. The molecule has 2 heteroatoms. The lowest BCUT2D eigenvalue weighted by molar-refractivity contribution is 0.101. The first-order chi connectivity index (χ1) is 9.66. The van der Waals surface area contributed by atoms with Crippen LogP contribution in [0, 0.1) is 0 Å². The van der Waals surface area contributed by atoms with Crippen molar-refractivity contribution in [2.45, 2.75) is 32.1 Å². The molecule has 2 aromatic rings. The first kappa shape index (κ1) is 12.9. The third kappa shape index (κ3) is 2.22. The van der Waals surface area contributed by atoms with Crippen molar-refractivity contribution in [1.29, 1.82) is 0 Å². The van der Waals surface area contributed by atoms with Gasteiger partial charge in [0.2, 0.25) is 0 Å². The Labute approximate surface area is 119 Å². The van der Waals surface area contributed by atoms with Gasteiger partial charge in [-0.1, -0.05) is 30.3 Å². The summed E-state index contributed by atoms with van der Waals surface area (Å²) in [6.45, 7) is 1.60. The predicted molar refractivity (Wildman–Crippen MR) is 79.3 cm³/mol. The van der Waals surface area contributed by atoms with Gasteiger partial charge in [-0.15, -0.1) is 0 Å². The van der Waals surface area contributed by atoms with Gasteiger partial charge in [-0.05, 0) is 60.9 Å². The van der Waals surface area contributed by atoms with E-state index in [-0.39, 0.29) is 5.78 Å². The average molecular weight is 266 g/mol. The van der Waals surface area contributed by atoms with Crippen LogP contribution in [0.2, 0.25) is 0 Å². The molecular weight excluding hydrogens is 248 g/mol. The molecule has 0 aliphatic heterocycles. The van der Waals surface area contributed by atoms with Crippen LogP contribution in [0.25, 0.3) is 0 Å². The molecular formula is C18H18O2. The Morgan fingerprint density at radius 3 is 2.55 bits per heavy atom. The van der Waals surface area contributed by atoms with E-state index >= 15 is 0 Å². The molecule has 0 saturated carbocycles. The SMILES string of the molecule is CC(=O)c1ccc(O)c2c1CC(c1ccccc1)CC2. The van der Waals surface area contributed by atoms with Gasteiger partial charge in [0.05, 0.1) is 0 Å². The number of aromatic hydroxyl groups is 1. The maximum Gasteiger partial charge on any atom is 0.160 e. The molecule has 1 atom stereocenters. The molecule has 0 fully saturated rings. The van der Waals surface area contributed by atoms with Crippen molar-refractivity contribution in [3.05, 3.63) is 64.7 Å². The highest BCUT2D eigenvalue weighted by atomic mass is 16.3. The van der Waals surface area contributed by atoms with Crippen LogP contribution in [0.15, 0.2) is 42.5 Å². The van der Waals surface area contributed by atoms with Crippen molar-refractivity contribution in [1.82, 2.24) is 0 Å². The Bertz CT molecular complexity index is 644. The van der Waals surface area contributed by atoms with Crippen LogP contribution in [0.1, 0.15) is 46.3 Å². The second-order valence-corrected chi connectivity index (χ2v) is 5.50. The molecule has 0 spiro atoms. The summed E-state index contributed by atoms with van der Waals surface area (Å²) in [5, 5.41) is 10.0. The van der Waals surface area contributed by atoms with Gasteiger partial charge in [0.1, 0.15) is 5.75 Å². The van der Waals surface area contributed by atoms with Gasteiger partial charge in [0, 0.05) is 5.56 Å². The van der Waals surface area contributed by atoms with E-state index in [4.69, 9.17) is 0 Å². The number of rotatable bonds is 2. The zero-order chi connectivity index (χ0) is 14.1. The van der Waals surface area contributed by atoms with Crippen LogP contribution in [-0.2, 0) is 12.8 Å². The summed E-state index contributed by atoms with van der Waals surface area (Å²) in [7, 11) is 0. The Kier molecular flexibility index (Phi) is 3.31. The molecule has 1 N–H and O–H groups in total. The van der Waals surface area contributed by atoms with E-state index < -0.39 is 0 Å². The molecule has 2 aromatic carbocycles. The van der Waals surface area contributed by atoms with Gasteiger partial charge in [-0.2, -0.15) is 0 Å². The second-order valence-electron chi connectivity index (χ2n) is 5.50. The minimum Gasteiger partial charge on any atom is -0.508 e. The zero-order valence-electron chi connectivity index (χ0n) is 11.6. The van der Waals surface area contributed by atoms with Crippen LogP contribution in [0.3, 0.4) is 0 Å². The first-order valence-corrected chi connectivity index (χ1v) is 7.06. The summed E-state index contributed by atoms with van der Waals surface area (Å²) in [6, 6.07) is 13.8. The molecule has 0 amide bonds. The van der Waals surface area contributed by atoms with Crippen molar-refractivity contribution in [3.63, 3.8) is 0 Å². The van der Waals surface area contributed by atoms with E-state index in [0.717, 1.165) is 36.0 Å². The fourth-order valence-corrected chi connectivity index (χ4v) is 3.20. The molecule has 20 heavy (non-hydrogen) atoms. The molecule has 0 saturated heterocycles. The normalized spacial score (nSPS) is 17.6. The minimum absolute atomic E-state index is 0.0787. The van der Waals surface area contributed by atoms with Gasteiger partial charge in [0.15, 0.2) is 5.78 Å². The molecule has 0 heterocycles. The van der Waals surface area contributed by atoms with Gasteiger partial charge in [-0.25, -0.2) is 0 Å². The lowest BCUT2D eigenvalue weighted by Gasteiger charge is -2.27. The quantitative estimate of drug-likeness (QED) is 0.838. The van der Waals surface area contributed by atoms with Crippen LogP contribution in [-0.4, -0.2) is 10.9 Å². The largest absolute Gasteiger partial charge is 0.508 e. The topological polar surface area (TPSA) is 37.3 Å². The monoisotopic (exact) mass is 266 g/mol. The molecule has 1 unspecified atom stereocenters. The van der Waals surface area contributed by atoms with E-state index in [9.17, 15) is 9.90 Å². The number of Topliss-reactive ketones (excluding diaryl/α,β-unsaturated/α-hetero) is 1. The standard InChI is InChI=1S/C18H18O2/c1-12(19)15-9-10-18(20)16-8-7-14(11-17(15)16)13-5-3-2-4-6-13/h2-6,9-10,14,20H,7-8,11H2,1H3. The number of hydrogen-bond acceptors (Lipinski definition) is 2. The van der Waals surface area contributed by atoms with Crippen molar-refractivity contribution in [2.24, 2.45) is 0 Å². The Balaban J connectivity index is 2.02. The average Bonchev–Trinajstić information content (AvgIpc) is 2.48. The Morgan fingerprint density at radius 2 is 1.85 bits per heavy atom. The zero-order valence-corrected chi connectivity index (χ0v) is 11.6. The van der Waals surface area contributed by atoms with Crippen LogP contribution in [0.4, 0.5) is 0 Å². The molecule has 1 aliphatic rings. The summed E-state index contributed by atoms with van der Waals surface area (Å²) in [4.78, 5) is 11.8. The van der Waals surface area contributed by atoms with Crippen LogP contribution < -0.4 is 0 Å². The van der Waals surface area contributed by atoms with Gasteiger partial charge < -0.3 is 5.11 Å². The summed E-state index contributed by atoms with van der Waals surface area (Å²) in [5.74, 6) is 0.843. The van der Waals surface area contributed by atoms with Gasteiger partial charge >= 0.3 is 0 Å². The van der Waals surface area contributed by atoms with Crippen molar-refractivity contribution in [3.8, 4) is 5.75 Å². The maximum atomic E-state index is 11.8. The lowest BCUT2D eigenvalue weighted by Crippen LogP contribution is -2.16. The Morgan fingerprint density at radius 1 is 1.10 bits per heavy atom. The maximum absolute atomic E-state index is 11.8. The van der Waals surface area contributed by atoms with E-state index in [2.05, 4.69) is 24.3 Å². The highest BCUT2D eigenvalue weighted by Gasteiger charge is 2.25. The predicted octanol–water partition coefficient (Wildman–Crippen LogP) is 3.87. The molecule has 102 valence electrons. The molecule has 1 aliphatic carbocycles.